The first-order chi connectivity index (χ1) is 7.24. The molecule has 15 heavy (non-hydrogen) atoms. The molecule has 0 fully saturated rings. The van der Waals surface area contributed by atoms with Gasteiger partial charge in [-0.3, -0.25) is 0 Å². The molecule has 0 spiro atoms. The first-order valence-electron chi connectivity index (χ1n) is 5.04. The molecule has 0 aliphatic heterocycles. The summed E-state index contributed by atoms with van der Waals surface area (Å²) in [5.41, 5.74) is 0.752. The lowest BCUT2D eigenvalue weighted by Crippen LogP contribution is -2.02. The summed E-state index contributed by atoms with van der Waals surface area (Å²) in [6.07, 6.45) is 2.76. The van der Waals surface area contributed by atoms with Gasteiger partial charge < -0.3 is 10.4 Å². The van der Waals surface area contributed by atoms with Gasteiger partial charge in [0.15, 0.2) is 0 Å². The van der Waals surface area contributed by atoms with Crippen LogP contribution in [0, 0.1) is 5.82 Å². The number of benzene rings is 1. The minimum atomic E-state index is -0.328. The molecule has 0 amide bonds. The number of unbranched alkanes of at least 4 members (excludes halogenated alkanes) is 2. The molecule has 0 radical (unpaired) electrons. The summed E-state index contributed by atoms with van der Waals surface area (Å²) < 4.78 is 12.7. The van der Waals surface area contributed by atoms with E-state index in [9.17, 15) is 4.39 Å². The van der Waals surface area contributed by atoms with Gasteiger partial charge in [0.1, 0.15) is 5.82 Å². The molecular formula is C11H15ClFNO. The van der Waals surface area contributed by atoms with E-state index in [1.54, 1.807) is 6.07 Å². The largest absolute Gasteiger partial charge is 0.396 e. The predicted molar refractivity (Wildman–Crippen MR) is 60.8 cm³/mol. The molecule has 2 nitrogen and oxygen atoms in total. The molecule has 1 rings (SSSR count). The minimum Gasteiger partial charge on any atom is -0.396 e. The maximum Gasteiger partial charge on any atom is 0.124 e. The Bertz CT molecular complexity index is 307. The molecular weight excluding hydrogens is 217 g/mol. The van der Waals surface area contributed by atoms with E-state index in [4.69, 9.17) is 16.7 Å². The van der Waals surface area contributed by atoms with Crippen LogP contribution in [0.25, 0.3) is 0 Å². The summed E-state index contributed by atoms with van der Waals surface area (Å²) in [6, 6.07) is 4.29. The van der Waals surface area contributed by atoms with E-state index in [1.807, 2.05) is 0 Å². The molecule has 0 aliphatic rings. The van der Waals surface area contributed by atoms with Crippen molar-refractivity contribution in [2.75, 3.05) is 18.5 Å². The smallest absolute Gasteiger partial charge is 0.124 e. The van der Waals surface area contributed by atoms with Crippen LogP contribution in [-0.2, 0) is 0 Å². The molecule has 0 aliphatic carbocycles. The number of anilines is 1. The van der Waals surface area contributed by atoms with Crippen LogP contribution < -0.4 is 5.32 Å². The Morgan fingerprint density at radius 1 is 1.27 bits per heavy atom. The Balaban J connectivity index is 2.31. The van der Waals surface area contributed by atoms with Crippen LogP contribution in [0.15, 0.2) is 18.2 Å². The van der Waals surface area contributed by atoms with Gasteiger partial charge in [-0.1, -0.05) is 11.6 Å². The van der Waals surface area contributed by atoms with Crippen molar-refractivity contribution in [1.29, 1.82) is 0 Å². The van der Waals surface area contributed by atoms with E-state index >= 15 is 0 Å². The van der Waals surface area contributed by atoms with E-state index < -0.39 is 0 Å². The fraction of sp³-hybridized carbons (Fsp3) is 0.455. The summed E-state index contributed by atoms with van der Waals surface area (Å²) in [7, 11) is 0. The maximum atomic E-state index is 12.7. The van der Waals surface area contributed by atoms with Gasteiger partial charge in [-0.2, -0.15) is 0 Å². The van der Waals surface area contributed by atoms with Crippen molar-refractivity contribution in [2.24, 2.45) is 0 Å². The number of aliphatic hydroxyl groups is 1. The second kappa shape index (κ2) is 6.64. The first-order valence-corrected chi connectivity index (χ1v) is 5.41. The number of hydrogen-bond donors (Lipinski definition) is 2. The Morgan fingerprint density at radius 3 is 2.73 bits per heavy atom. The fourth-order valence-electron chi connectivity index (χ4n) is 1.27. The summed E-state index contributed by atoms with van der Waals surface area (Å²) in [6.45, 7) is 1.02. The van der Waals surface area contributed by atoms with Crippen molar-refractivity contribution in [2.45, 2.75) is 19.3 Å². The van der Waals surface area contributed by atoms with E-state index in [1.165, 1.54) is 12.1 Å². The normalized spacial score (nSPS) is 10.3. The van der Waals surface area contributed by atoms with Crippen LogP contribution in [-0.4, -0.2) is 18.3 Å². The van der Waals surface area contributed by atoms with Crippen LogP contribution in [0.1, 0.15) is 19.3 Å². The van der Waals surface area contributed by atoms with Crippen molar-refractivity contribution in [3.63, 3.8) is 0 Å². The first kappa shape index (κ1) is 12.3. The van der Waals surface area contributed by atoms with Crippen LogP contribution >= 0.6 is 11.6 Å². The Morgan fingerprint density at radius 2 is 2.07 bits per heavy atom. The highest BCUT2D eigenvalue weighted by Gasteiger charge is 2.00. The fourth-order valence-corrected chi connectivity index (χ4v) is 1.50. The standard InChI is InChI=1S/C11H15ClFNO/c12-10-8-9(13)4-5-11(10)14-6-2-1-3-7-15/h4-5,8,14-15H,1-3,6-7H2. The van der Waals surface area contributed by atoms with E-state index in [2.05, 4.69) is 5.32 Å². The Labute approximate surface area is 94.1 Å². The van der Waals surface area contributed by atoms with Crippen LogP contribution in [0.2, 0.25) is 5.02 Å². The van der Waals surface area contributed by atoms with Gasteiger partial charge in [-0.15, -0.1) is 0 Å². The van der Waals surface area contributed by atoms with Gasteiger partial charge in [0, 0.05) is 13.2 Å². The molecule has 0 aromatic heterocycles. The summed E-state index contributed by atoms with van der Waals surface area (Å²) in [5, 5.41) is 12.1. The topological polar surface area (TPSA) is 32.3 Å². The molecule has 0 saturated carbocycles. The third-order valence-corrected chi connectivity index (χ3v) is 2.39. The average molecular weight is 232 g/mol. The third kappa shape index (κ3) is 4.49. The average Bonchev–Trinajstić information content (AvgIpc) is 2.20. The van der Waals surface area contributed by atoms with Crippen LogP contribution in [0.5, 0.6) is 0 Å². The summed E-state index contributed by atoms with van der Waals surface area (Å²) >= 11 is 5.83. The molecule has 84 valence electrons. The maximum absolute atomic E-state index is 12.7. The molecule has 4 heteroatoms. The summed E-state index contributed by atoms with van der Waals surface area (Å²) in [5.74, 6) is -0.328. The molecule has 0 saturated heterocycles. The number of rotatable bonds is 6. The molecule has 2 N–H and O–H groups in total. The zero-order valence-corrected chi connectivity index (χ0v) is 9.23. The Kier molecular flexibility index (Phi) is 5.43. The lowest BCUT2D eigenvalue weighted by molar-refractivity contribution is 0.283. The molecule has 1 aromatic rings. The minimum absolute atomic E-state index is 0.233. The highest BCUT2D eigenvalue weighted by atomic mass is 35.5. The highest BCUT2D eigenvalue weighted by Crippen LogP contribution is 2.22. The van der Waals surface area contributed by atoms with Crippen molar-refractivity contribution < 1.29 is 9.50 Å². The quantitative estimate of drug-likeness (QED) is 0.738. The lowest BCUT2D eigenvalue weighted by atomic mass is 10.2. The number of aliphatic hydroxyl groups excluding tert-OH is 1. The van der Waals surface area contributed by atoms with Gasteiger partial charge in [0.2, 0.25) is 0 Å². The third-order valence-electron chi connectivity index (χ3n) is 2.08. The Hall–Kier alpha value is -0.800. The number of hydrogen-bond acceptors (Lipinski definition) is 2. The van der Waals surface area contributed by atoms with Gasteiger partial charge in [-0.05, 0) is 37.5 Å². The van der Waals surface area contributed by atoms with Crippen molar-refractivity contribution in [1.82, 2.24) is 0 Å². The van der Waals surface area contributed by atoms with E-state index in [-0.39, 0.29) is 12.4 Å². The molecule has 0 bridgehead atoms. The second-order valence-electron chi connectivity index (χ2n) is 3.34. The molecule has 0 heterocycles. The van der Waals surface area contributed by atoms with Gasteiger partial charge in [0.25, 0.3) is 0 Å². The van der Waals surface area contributed by atoms with Crippen LogP contribution in [0.3, 0.4) is 0 Å². The van der Waals surface area contributed by atoms with E-state index in [0.717, 1.165) is 31.5 Å². The molecule has 1 aromatic carbocycles. The number of halogens is 2. The summed E-state index contributed by atoms with van der Waals surface area (Å²) in [4.78, 5) is 0. The highest BCUT2D eigenvalue weighted by molar-refractivity contribution is 6.33. The van der Waals surface area contributed by atoms with Crippen molar-refractivity contribution >= 4 is 17.3 Å². The van der Waals surface area contributed by atoms with Gasteiger partial charge >= 0.3 is 0 Å². The lowest BCUT2D eigenvalue weighted by Gasteiger charge is -2.07. The van der Waals surface area contributed by atoms with Crippen LogP contribution in [0.4, 0.5) is 10.1 Å². The zero-order chi connectivity index (χ0) is 11.1. The molecule has 0 atom stereocenters. The van der Waals surface area contributed by atoms with Crippen molar-refractivity contribution in [3.05, 3.63) is 29.0 Å². The SMILES string of the molecule is OCCCCCNc1ccc(F)cc1Cl. The van der Waals surface area contributed by atoms with E-state index in [0.29, 0.717) is 5.02 Å². The van der Waals surface area contributed by atoms with Gasteiger partial charge in [0.05, 0.1) is 10.7 Å². The number of nitrogens with one attached hydrogen (secondary N) is 1. The monoisotopic (exact) mass is 231 g/mol. The van der Waals surface area contributed by atoms with Crippen molar-refractivity contribution in [3.8, 4) is 0 Å². The second-order valence-corrected chi connectivity index (χ2v) is 3.74. The van der Waals surface area contributed by atoms with Gasteiger partial charge in [-0.25, -0.2) is 4.39 Å². The predicted octanol–water partition coefficient (Wildman–Crippen LogP) is 3.05. The zero-order valence-electron chi connectivity index (χ0n) is 8.47. The molecule has 0 unspecified atom stereocenters.